The maximum Gasteiger partial charge on any atom is 0.269 e. The lowest BCUT2D eigenvalue weighted by Crippen LogP contribution is -1.98. The van der Waals surface area contributed by atoms with Gasteiger partial charge < -0.3 is 0 Å². The van der Waals surface area contributed by atoms with Crippen molar-refractivity contribution in [1.82, 2.24) is 5.06 Å². The zero-order chi connectivity index (χ0) is 13.2. The smallest absolute Gasteiger partial charge is 0.269 e. The summed E-state index contributed by atoms with van der Waals surface area (Å²) in [5, 5.41) is 12.4. The van der Waals surface area contributed by atoms with E-state index in [0.717, 1.165) is 5.56 Å². The normalized spacial score (nSPS) is 21.1. The monoisotopic (exact) mass is 256 g/mol. The standard InChI is InChI=1S/C14H12N2O3/c17-16(18)13-8-6-12(7-9-13)14-15(19-14)10-11-4-2-1-3-5-11/h1-9,14H,10H2/t14-,15?/m0/s1. The minimum absolute atomic E-state index is 0.0963. The van der Waals surface area contributed by atoms with E-state index in [1.165, 1.54) is 17.7 Å². The zero-order valence-corrected chi connectivity index (χ0v) is 10.1. The fraction of sp³-hybridized carbons (Fsp3) is 0.143. The van der Waals surface area contributed by atoms with Crippen LogP contribution in [0, 0.1) is 10.1 Å². The van der Waals surface area contributed by atoms with Crippen LogP contribution in [0.1, 0.15) is 17.4 Å². The van der Waals surface area contributed by atoms with Crippen LogP contribution in [0.4, 0.5) is 5.69 Å². The van der Waals surface area contributed by atoms with Crippen LogP contribution in [0.15, 0.2) is 54.6 Å². The summed E-state index contributed by atoms with van der Waals surface area (Å²) >= 11 is 0. The Balaban J connectivity index is 1.65. The first kappa shape index (κ1) is 11.8. The molecule has 2 aromatic carbocycles. The molecule has 0 saturated carbocycles. The SMILES string of the molecule is O=[N+]([O-])c1ccc([C@@H]2ON2Cc2ccccc2)cc1. The lowest BCUT2D eigenvalue weighted by molar-refractivity contribution is -0.384. The van der Waals surface area contributed by atoms with Crippen LogP contribution >= 0.6 is 0 Å². The first-order chi connectivity index (χ1) is 9.24. The number of hydroxylamine groups is 2. The predicted molar refractivity (Wildman–Crippen MR) is 68.9 cm³/mol. The van der Waals surface area contributed by atoms with Crippen LogP contribution in [0.5, 0.6) is 0 Å². The Morgan fingerprint density at radius 3 is 2.42 bits per heavy atom. The van der Waals surface area contributed by atoms with Crippen LogP contribution in [-0.2, 0) is 11.4 Å². The second-order valence-corrected chi connectivity index (χ2v) is 4.37. The Labute approximate surface area is 110 Å². The molecule has 0 aliphatic carbocycles. The molecule has 0 radical (unpaired) electrons. The number of rotatable bonds is 4. The first-order valence-electron chi connectivity index (χ1n) is 5.96. The van der Waals surface area contributed by atoms with E-state index in [0.29, 0.717) is 6.54 Å². The van der Waals surface area contributed by atoms with Crippen molar-refractivity contribution in [1.29, 1.82) is 0 Å². The van der Waals surface area contributed by atoms with E-state index >= 15 is 0 Å². The van der Waals surface area contributed by atoms with Crippen molar-refractivity contribution in [2.24, 2.45) is 0 Å². The molecule has 2 atom stereocenters. The summed E-state index contributed by atoms with van der Waals surface area (Å²) in [5.41, 5.74) is 2.20. The summed E-state index contributed by atoms with van der Waals surface area (Å²) in [4.78, 5) is 15.6. The molecule has 1 fully saturated rings. The van der Waals surface area contributed by atoms with Gasteiger partial charge in [0.2, 0.25) is 0 Å². The number of hydrogen-bond donors (Lipinski definition) is 0. The van der Waals surface area contributed by atoms with Gasteiger partial charge in [-0.25, -0.2) is 0 Å². The molecule has 0 spiro atoms. The Morgan fingerprint density at radius 1 is 1.11 bits per heavy atom. The topological polar surface area (TPSA) is 58.7 Å². The number of nitro benzene ring substituents is 1. The second kappa shape index (κ2) is 4.79. The van der Waals surface area contributed by atoms with Gasteiger partial charge in [-0.05, 0) is 17.7 Å². The van der Waals surface area contributed by atoms with Crippen LogP contribution in [0.2, 0.25) is 0 Å². The van der Waals surface area contributed by atoms with Crippen LogP contribution in [-0.4, -0.2) is 9.99 Å². The third-order valence-corrected chi connectivity index (χ3v) is 3.02. The number of nitrogens with zero attached hydrogens (tertiary/aromatic N) is 2. The molecule has 0 aromatic heterocycles. The molecule has 0 amide bonds. The third-order valence-electron chi connectivity index (χ3n) is 3.02. The molecule has 1 heterocycles. The van der Waals surface area contributed by atoms with Gasteiger partial charge in [0, 0.05) is 17.7 Å². The lowest BCUT2D eigenvalue weighted by atomic mass is 10.2. The minimum Gasteiger partial charge on any atom is -0.270 e. The van der Waals surface area contributed by atoms with Crippen molar-refractivity contribution in [3.8, 4) is 0 Å². The van der Waals surface area contributed by atoms with Gasteiger partial charge in [0.25, 0.3) is 5.69 Å². The van der Waals surface area contributed by atoms with Crippen molar-refractivity contribution in [3.63, 3.8) is 0 Å². The van der Waals surface area contributed by atoms with Gasteiger partial charge in [-0.15, -0.1) is 5.06 Å². The molecule has 19 heavy (non-hydrogen) atoms. The van der Waals surface area contributed by atoms with Crippen molar-refractivity contribution >= 4 is 5.69 Å². The number of non-ortho nitro benzene ring substituents is 1. The maximum atomic E-state index is 10.6. The molecule has 1 aliphatic rings. The molecular formula is C14H12N2O3. The molecule has 3 rings (SSSR count). The maximum absolute atomic E-state index is 10.6. The van der Waals surface area contributed by atoms with Crippen molar-refractivity contribution in [2.75, 3.05) is 0 Å². The first-order valence-corrected chi connectivity index (χ1v) is 5.96. The summed E-state index contributed by atoms with van der Waals surface area (Å²) in [5.74, 6) is 0. The Morgan fingerprint density at radius 2 is 1.79 bits per heavy atom. The molecule has 0 N–H and O–H groups in total. The summed E-state index contributed by atoms with van der Waals surface area (Å²) in [6.07, 6.45) is -0.0963. The average molecular weight is 256 g/mol. The molecule has 2 aromatic rings. The largest absolute Gasteiger partial charge is 0.270 e. The van der Waals surface area contributed by atoms with Gasteiger partial charge in [0.05, 0.1) is 11.5 Å². The van der Waals surface area contributed by atoms with Gasteiger partial charge in [-0.2, -0.15) is 0 Å². The molecule has 5 heteroatoms. The third kappa shape index (κ3) is 2.62. The fourth-order valence-electron chi connectivity index (χ4n) is 1.97. The van der Waals surface area contributed by atoms with Crippen molar-refractivity contribution < 1.29 is 9.76 Å². The highest BCUT2D eigenvalue weighted by atomic mass is 16.8. The van der Waals surface area contributed by atoms with Gasteiger partial charge in [0.1, 0.15) is 0 Å². The number of benzene rings is 2. The second-order valence-electron chi connectivity index (χ2n) is 4.37. The Kier molecular flexibility index (Phi) is 2.98. The van der Waals surface area contributed by atoms with E-state index in [1.54, 1.807) is 12.1 Å². The van der Waals surface area contributed by atoms with Gasteiger partial charge in [-0.1, -0.05) is 30.3 Å². The Hall–Kier alpha value is -2.24. The Bertz CT molecular complexity index is 583. The average Bonchev–Trinajstić information content (AvgIpc) is 3.19. The highest BCUT2D eigenvalue weighted by Crippen LogP contribution is 2.38. The zero-order valence-electron chi connectivity index (χ0n) is 10.1. The van der Waals surface area contributed by atoms with E-state index in [1.807, 2.05) is 35.4 Å². The van der Waals surface area contributed by atoms with Crippen LogP contribution in [0.3, 0.4) is 0 Å². The molecule has 96 valence electrons. The molecule has 5 nitrogen and oxygen atoms in total. The van der Waals surface area contributed by atoms with E-state index < -0.39 is 4.92 Å². The van der Waals surface area contributed by atoms with E-state index in [4.69, 9.17) is 4.84 Å². The summed E-state index contributed by atoms with van der Waals surface area (Å²) in [6.45, 7) is 0.711. The van der Waals surface area contributed by atoms with Gasteiger partial charge in [0.15, 0.2) is 6.23 Å². The minimum atomic E-state index is -0.403. The quantitative estimate of drug-likeness (QED) is 0.479. The summed E-state index contributed by atoms with van der Waals surface area (Å²) in [7, 11) is 0. The summed E-state index contributed by atoms with van der Waals surface area (Å²) < 4.78 is 0. The van der Waals surface area contributed by atoms with Crippen LogP contribution < -0.4 is 0 Å². The van der Waals surface area contributed by atoms with Gasteiger partial charge in [-0.3, -0.25) is 15.0 Å². The van der Waals surface area contributed by atoms with E-state index in [2.05, 4.69) is 0 Å². The van der Waals surface area contributed by atoms with Crippen LogP contribution in [0.25, 0.3) is 0 Å². The molecule has 0 bridgehead atoms. The number of nitro groups is 1. The molecule has 1 unspecified atom stereocenters. The highest BCUT2D eigenvalue weighted by Gasteiger charge is 2.37. The molecular weight excluding hydrogens is 244 g/mol. The number of hydrogen-bond acceptors (Lipinski definition) is 4. The summed E-state index contributed by atoms with van der Waals surface area (Å²) in [6, 6.07) is 16.5. The fourth-order valence-corrected chi connectivity index (χ4v) is 1.97. The van der Waals surface area contributed by atoms with E-state index in [9.17, 15) is 10.1 Å². The van der Waals surface area contributed by atoms with Crippen molar-refractivity contribution in [3.05, 3.63) is 75.8 Å². The lowest BCUT2D eigenvalue weighted by Gasteiger charge is -1.99. The van der Waals surface area contributed by atoms with E-state index in [-0.39, 0.29) is 11.9 Å². The highest BCUT2D eigenvalue weighted by molar-refractivity contribution is 5.34. The van der Waals surface area contributed by atoms with Crippen molar-refractivity contribution in [2.45, 2.75) is 12.8 Å². The molecule has 1 saturated heterocycles. The predicted octanol–water partition coefficient (Wildman–Crippen LogP) is 3.04. The molecule has 1 aliphatic heterocycles. The van der Waals surface area contributed by atoms with Gasteiger partial charge >= 0.3 is 0 Å².